The van der Waals surface area contributed by atoms with Gasteiger partial charge in [-0.1, -0.05) is 23.2 Å². The maximum atomic E-state index is 5.99. The summed E-state index contributed by atoms with van der Waals surface area (Å²) in [5.41, 5.74) is 1.12. The lowest BCUT2D eigenvalue weighted by Crippen LogP contribution is -2.38. The Labute approximate surface area is 141 Å². The molecule has 0 atom stereocenters. The highest BCUT2D eigenvalue weighted by Gasteiger charge is 2.00. The van der Waals surface area contributed by atoms with E-state index in [4.69, 9.17) is 23.2 Å². The van der Waals surface area contributed by atoms with Gasteiger partial charge < -0.3 is 10.6 Å². The molecule has 0 heterocycles. The Balaban J connectivity index is 2.25. The summed E-state index contributed by atoms with van der Waals surface area (Å²) in [5, 5.41) is 7.96. The standard InChI is InChI=1S/C15H23Cl2N3S/c1-18-15(19-6-3-4-8-21-2)20-7-5-12-9-13(16)11-14(17)10-12/h9-11H,3-8H2,1-2H3,(H2,18,19,20). The molecule has 0 bridgehead atoms. The average molecular weight is 348 g/mol. The van der Waals surface area contributed by atoms with Crippen LogP contribution in [0.4, 0.5) is 0 Å². The van der Waals surface area contributed by atoms with E-state index in [1.165, 1.54) is 12.2 Å². The molecular formula is C15H23Cl2N3S. The van der Waals surface area contributed by atoms with E-state index in [2.05, 4.69) is 21.9 Å². The number of rotatable bonds is 8. The minimum Gasteiger partial charge on any atom is -0.356 e. The molecule has 0 saturated carbocycles. The summed E-state index contributed by atoms with van der Waals surface area (Å²) in [6, 6.07) is 5.62. The Bertz CT molecular complexity index is 432. The molecule has 3 nitrogen and oxygen atoms in total. The van der Waals surface area contributed by atoms with Crippen molar-refractivity contribution in [2.24, 2.45) is 4.99 Å². The lowest BCUT2D eigenvalue weighted by atomic mass is 10.1. The predicted molar refractivity (Wildman–Crippen MR) is 97.1 cm³/mol. The van der Waals surface area contributed by atoms with Gasteiger partial charge in [0.05, 0.1) is 0 Å². The van der Waals surface area contributed by atoms with Crippen LogP contribution in [0.3, 0.4) is 0 Å². The van der Waals surface area contributed by atoms with Gasteiger partial charge in [-0.15, -0.1) is 0 Å². The highest BCUT2D eigenvalue weighted by molar-refractivity contribution is 7.98. The number of hydrogen-bond acceptors (Lipinski definition) is 2. The first-order chi connectivity index (χ1) is 10.2. The molecule has 6 heteroatoms. The summed E-state index contributed by atoms with van der Waals surface area (Å²) < 4.78 is 0. The first kappa shape index (κ1) is 18.5. The topological polar surface area (TPSA) is 36.4 Å². The van der Waals surface area contributed by atoms with Crippen LogP contribution in [0.2, 0.25) is 10.0 Å². The highest BCUT2D eigenvalue weighted by Crippen LogP contribution is 2.19. The van der Waals surface area contributed by atoms with Crippen molar-refractivity contribution in [2.45, 2.75) is 19.3 Å². The number of aliphatic imine (C=N–C) groups is 1. The zero-order chi connectivity index (χ0) is 15.5. The van der Waals surface area contributed by atoms with Gasteiger partial charge in [0.1, 0.15) is 0 Å². The second-order valence-corrected chi connectivity index (χ2v) is 6.51. The Morgan fingerprint density at radius 1 is 1.10 bits per heavy atom. The number of halogens is 2. The van der Waals surface area contributed by atoms with Gasteiger partial charge in [0.2, 0.25) is 0 Å². The van der Waals surface area contributed by atoms with E-state index in [-0.39, 0.29) is 0 Å². The van der Waals surface area contributed by atoms with Crippen LogP contribution in [0.25, 0.3) is 0 Å². The number of unbranched alkanes of at least 4 members (excludes halogenated alkanes) is 1. The van der Waals surface area contributed by atoms with Gasteiger partial charge in [-0.3, -0.25) is 4.99 Å². The predicted octanol–water partition coefficient (Wildman–Crippen LogP) is 3.84. The van der Waals surface area contributed by atoms with Gasteiger partial charge in [0, 0.05) is 30.2 Å². The fourth-order valence-electron chi connectivity index (χ4n) is 1.88. The first-order valence-corrected chi connectivity index (χ1v) is 9.19. The van der Waals surface area contributed by atoms with Crippen molar-refractivity contribution in [2.75, 3.05) is 32.1 Å². The molecule has 2 N–H and O–H groups in total. The van der Waals surface area contributed by atoms with Crippen LogP contribution in [0.1, 0.15) is 18.4 Å². The van der Waals surface area contributed by atoms with Crippen molar-refractivity contribution in [1.82, 2.24) is 10.6 Å². The smallest absolute Gasteiger partial charge is 0.190 e. The van der Waals surface area contributed by atoms with Gasteiger partial charge >= 0.3 is 0 Å². The molecule has 1 aromatic rings. The second kappa shape index (κ2) is 11.0. The number of nitrogens with one attached hydrogen (secondary N) is 2. The van der Waals surface area contributed by atoms with Gasteiger partial charge in [-0.05, 0) is 55.0 Å². The second-order valence-electron chi connectivity index (χ2n) is 4.65. The maximum Gasteiger partial charge on any atom is 0.190 e. The molecule has 0 aliphatic carbocycles. The molecule has 21 heavy (non-hydrogen) atoms. The van der Waals surface area contributed by atoms with Crippen molar-refractivity contribution >= 4 is 40.9 Å². The van der Waals surface area contributed by atoms with E-state index in [1.54, 1.807) is 13.1 Å². The lowest BCUT2D eigenvalue weighted by Gasteiger charge is -2.12. The summed E-state index contributed by atoms with van der Waals surface area (Å²) in [7, 11) is 1.79. The molecule has 1 aromatic carbocycles. The van der Waals surface area contributed by atoms with Crippen LogP contribution in [-0.4, -0.2) is 38.1 Å². The molecule has 0 unspecified atom stereocenters. The number of thioether (sulfide) groups is 1. The van der Waals surface area contributed by atoms with E-state index >= 15 is 0 Å². The van der Waals surface area contributed by atoms with Crippen molar-refractivity contribution < 1.29 is 0 Å². The molecule has 0 fully saturated rings. The third kappa shape index (κ3) is 8.44. The Hall–Kier alpha value is -0.580. The summed E-state index contributed by atoms with van der Waals surface area (Å²) in [6.45, 7) is 1.74. The summed E-state index contributed by atoms with van der Waals surface area (Å²) >= 11 is 13.9. The van der Waals surface area contributed by atoms with Crippen molar-refractivity contribution in [3.63, 3.8) is 0 Å². The zero-order valence-corrected chi connectivity index (χ0v) is 14.9. The normalized spacial score (nSPS) is 11.5. The summed E-state index contributed by atoms with van der Waals surface area (Å²) in [4.78, 5) is 4.21. The fraction of sp³-hybridized carbons (Fsp3) is 0.533. The molecule has 0 radical (unpaired) electrons. The maximum absolute atomic E-state index is 5.99. The largest absolute Gasteiger partial charge is 0.356 e. The SMILES string of the molecule is CN=C(NCCCCSC)NCCc1cc(Cl)cc(Cl)c1. The van der Waals surface area contributed by atoms with E-state index in [0.717, 1.165) is 37.5 Å². The molecule has 0 aliphatic rings. The lowest BCUT2D eigenvalue weighted by molar-refractivity contribution is 0.730. The van der Waals surface area contributed by atoms with Crippen LogP contribution in [0, 0.1) is 0 Å². The van der Waals surface area contributed by atoms with Crippen LogP contribution < -0.4 is 10.6 Å². The fourth-order valence-corrected chi connectivity index (χ4v) is 2.94. The quantitative estimate of drug-likeness (QED) is 0.426. The van der Waals surface area contributed by atoms with Crippen LogP contribution >= 0.6 is 35.0 Å². The molecule has 0 saturated heterocycles. The van der Waals surface area contributed by atoms with Gasteiger partial charge in [0.25, 0.3) is 0 Å². The van der Waals surface area contributed by atoms with E-state index < -0.39 is 0 Å². The molecule has 0 amide bonds. The van der Waals surface area contributed by atoms with E-state index in [1.807, 2.05) is 23.9 Å². The highest BCUT2D eigenvalue weighted by atomic mass is 35.5. The molecule has 1 rings (SSSR count). The number of benzene rings is 1. The van der Waals surface area contributed by atoms with Gasteiger partial charge in [0.15, 0.2) is 5.96 Å². The minimum atomic E-state index is 0.675. The monoisotopic (exact) mass is 347 g/mol. The molecule has 0 aliphatic heterocycles. The van der Waals surface area contributed by atoms with Gasteiger partial charge in [-0.2, -0.15) is 11.8 Å². The van der Waals surface area contributed by atoms with Gasteiger partial charge in [-0.25, -0.2) is 0 Å². The third-order valence-corrected chi connectivity index (χ3v) is 4.05. The van der Waals surface area contributed by atoms with Crippen LogP contribution in [0.15, 0.2) is 23.2 Å². The zero-order valence-electron chi connectivity index (χ0n) is 12.6. The molecule has 0 spiro atoms. The summed E-state index contributed by atoms with van der Waals surface area (Å²) in [5.74, 6) is 2.05. The molecular weight excluding hydrogens is 325 g/mol. The van der Waals surface area contributed by atoms with E-state index in [9.17, 15) is 0 Å². The van der Waals surface area contributed by atoms with E-state index in [0.29, 0.717) is 10.0 Å². The number of nitrogens with zero attached hydrogens (tertiary/aromatic N) is 1. The van der Waals surface area contributed by atoms with Crippen LogP contribution in [0.5, 0.6) is 0 Å². The molecule has 0 aromatic heterocycles. The first-order valence-electron chi connectivity index (χ1n) is 7.04. The van der Waals surface area contributed by atoms with Crippen molar-refractivity contribution in [3.05, 3.63) is 33.8 Å². The van der Waals surface area contributed by atoms with Crippen molar-refractivity contribution in [3.8, 4) is 0 Å². The van der Waals surface area contributed by atoms with Crippen molar-refractivity contribution in [1.29, 1.82) is 0 Å². The summed E-state index contributed by atoms with van der Waals surface area (Å²) in [6.07, 6.45) is 5.38. The van der Waals surface area contributed by atoms with Crippen LogP contribution in [-0.2, 0) is 6.42 Å². The Kier molecular flexibility index (Phi) is 9.72. The third-order valence-electron chi connectivity index (χ3n) is 2.92. The number of hydrogen-bond donors (Lipinski definition) is 2. The average Bonchev–Trinajstić information content (AvgIpc) is 2.44. The minimum absolute atomic E-state index is 0.675. The molecule has 118 valence electrons. The Morgan fingerprint density at radius 2 is 1.76 bits per heavy atom. The Morgan fingerprint density at radius 3 is 2.38 bits per heavy atom. The number of guanidine groups is 1.